The normalized spacial score (nSPS) is 17.6. The van der Waals surface area contributed by atoms with Crippen LogP contribution in [-0.2, 0) is 31.2 Å². The number of nitrogens with zero attached hydrogens (tertiary/aromatic N) is 1. The van der Waals surface area contributed by atoms with Crippen molar-refractivity contribution in [3.8, 4) is 5.75 Å². The first kappa shape index (κ1) is 20.1. The van der Waals surface area contributed by atoms with E-state index in [1.807, 2.05) is 0 Å². The Morgan fingerprint density at radius 3 is 2.48 bits per heavy atom. The summed E-state index contributed by atoms with van der Waals surface area (Å²) < 4.78 is 79.2. The van der Waals surface area contributed by atoms with E-state index in [4.69, 9.17) is 9.47 Å². The monoisotopic (exact) mass is 442 g/mol. The average Bonchev–Trinajstić information content (AvgIpc) is 3.18. The second kappa shape index (κ2) is 7.56. The Bertz CT molecular complexity index is 1140. The molecule has 0 aliphatic carbocycles. The zero-order valence-electron chi connectivity index (χ0n) is 15.3. The van der Waals surface area contributed by atoms with Gasteiger partial charge in [-0.2, -0.15) is 4.31 Å². The molecule has 1 saturated heterocycles. The Balaban J connectivity index is 1.63. The van der Waals surface area contributed by atoms with E-state index in [0.29, 0.717) is 18.8 Å². The largest absolute Gasteiger partial charge is 0.493 e. The molecule has 2 aromatic carbocycles. The Morgan fingerprint density at radius 1 is 0.966 bits per heavy atom. The van der Waals surface area contributed by atoms with E-state index in [1.54, 1.807) is 6.07 Å². The fraction of sp³-hybridized carbons (Fsp3) is 0.333. The van der Waals surface area contributed by atoms with Gasteiger partial charge in [0, 0.05) is 19.5 Å². The second-order valence-corrected chi connectivity index (χ2v) is 10.2. The second-order valence-electron chi connectivity index (χ2n) is 6.64. The minimum atomic E-state index is -4.12. The summed E-state index contributed by atoms with van der Waals surface area (Å²) in [4.78, 5) is -0.564. The molecule has 29 heavy (non-hydrogen) atoms. The lowest BCUT2D eigenvalue weighted by Crippen LogP contribution is -2.40. The Hall–Kier alpha value is -2.21. The molecule has 0 bridgehead atoms. The van der Waals surface area contributed by atoms with Crippen molar-refractivity contribution in [3.63, 3.8) is 0 Å². The maximum atomic E-state index is 14.3. The number of nitrogens with one attached hydrogen (secondary N) is 1. The molecule has 2 aliphatic heterocycles. The highest BCUT2D eigenvalue weighted by molar-refractivity contribution is 7.92. The third-order valence-electron chi connectivity index (χ3n) is 4.74. The summed E-state index contributed by atoms with van der Waals surface area (Å²) in [5.74, 6) is -0.307. The van der Waals surface area contributed by atoms with Gasteiger partial charge in [0.2, 0.25) is 10.0 Å². The number of morpholine rings is 1. The quantitative estimate of drug-likeness (QED) is 0.755. The summed E-state index contributed by atoms with van der Waals surface area (Å²) in [6.07, 6.45) is 0.608. The lowest BCUT2D eigenvalue weighted by molar-refractivity contribution is 0.0729. The summed E-state index contributed by atoms with van der Waals surface area (Å²) in [7, 11) is -8.11. The van der Waals surface area contributed by atoms with E-state index in [9.17, 15) is 21.2 Å². The van der Waals surface area contributed by atoms with E-state index in [-0.39, 0.29) is 36.9 Å². The molecule has 0 amide bonds. The van der Waals surface area contributed by atoms with E-state index < -0.39 is 30.8 Å². The average molecular weight is 442 g/mol. The molecular weight excluding hydrogens is 423 g/mol. The molecule has 4 rings (SSSR count). The fourth-order valence-electron chi connectivity index (χ4n) is 3.23. The molecule has 0 saturated carbocycles. The third kappa shape index (κ3) is 3.95. The lowest BCUT2D eigenvalue weighted by Gasteiger charge is -2.26. The minimum Gasteiger partial charge on any atom is -0.493 e. The minimum absolute atomic E-state index is 0.0173. The van der Waals surface area contributed by atoms with Crippen LogP contribution in [0.1, 0.15) is 5.56 Å². The third-order valence-corrected chi connectivity index (χ3v) is 8.04. The first-order valence-electron chi connectivity index (χ1n) is 8.93. The summed E-state index contributed by atoms with van der Waals surface area (Å²) in [6, 6.07) is 7.61. The zero-order valence-corrected chi connectivity index (χ0v) is 16.9. The number of benzene rings is 2. The van der Waals surface area contributed by atoms with Crippen LogP contribution in [0.2, 0.25) is 0 Å². The van der Waals surface area contributed by atoms with E-state index in [0.717, 1.165) is 22.0 Å². The van der Waals surface area contributed by atoms with Crippen LogP contribution in [0.3, 0.4) is 0 Å². The standard InChI is InChI=1S/C18H19FN2O6S2/c19-16-3-1-14(12-18(16)29(24,25)21-6-9-26-10-7-21)20-28(22,23)15-2-4-17-13(11-15)5-8-27-17/h1-4,11-12,20H,5-10H2. The van der Waals surface area contributed by atoms with E-state index in [2.05, 4.69) is 4.72 Å². The van der Waals surface area contributed by atoms with Gasteiger partial charge in [0.15, 0.2) is 0 Å². The number of sulfonamides is 2. The first-order chi connectivity index (χ1) is 13.8. The highest BCUT2D eigenvalue weighted by Gasteiger charge is 2.30. The van der Waals surface area contributed by atoms with Gasteiger partial charge in [0.1, 0.15) is 16.5 Å². The lowest BCUT2D eigenvalue weighted by atomic mass is 10.2. The van der Waals surface area contributed by atoms with Gasteiger partial charge >= 0.3 is 0 Å². The fourth-order valence-corrected chi connectivity index (χ4v) is 5.83. The number of hydrogen-bond acceptors (Lipinski definition) is 6. The van der Waals surface area contributed by atoms with E-state index >= 15 is 0 Å². The van der Waals surface area contributed by atoms with Gasteiger partial charge in [-0.05, 0) is 42.0 Å². The van der Waals surface area contributed by atoms with Crippen molar-refractivity contribution >= 4 is 25.7 Å². The molecule has 156 valence electrons. The summed E-state index contributed by atoms with van der Waals surface area (Å²) >= 11 is 0. The SMILES string of the molecule is O=S(=O)(Nc1ccc(F)c(S(=O)(=O)N2CCOCC2)c1)c1ccc2c(c1)CCO2. The van der Waals surface area contributed by atoms with Crippen molar-refractivity contribution < 1.29 is 30.7 Å². The van der Waals surface area contributed by atoms with Gasteiger partial charge in [-0.1, -0.05) is 0 Å². The van der Waals surface area contributed by atoms with Gasteiger partial charge in [0.05, 0.1) is 30.4 Å². The number of rotatable bonds is 5. The van der Waals surface area contributed by atoms with E-state index in [1.165, 1.54) is 18.2 Å². The summed E-state index contributed by atoms with van der Waals surface area (Å²) in [5.41, 5.74) is 0.734. The smallest absolute Gasteiger partial charge is 0.261 e. The number of halogens is 1. The van der Waals surface area contributed by atoms with Crippen LogP contribution >= 0.6 is 0 Å². The van der Waals surface area contributed by atoms with Crippen LogP contribution < -0.4 is 9.46 Å². The molecule has 11 heteroatoms. The summed E-state index contributed by atoms with van der Waals surface area (Å²) in [6.45, 7) is 1.14. The molecule has 1 N–H and O–H groups in total. The first-order valence-corrected chi connectivity index (χ1v) is 11.9. The van der Waals surface area contributed by atoms with Crippen LogP contribution in [0.4, 0.5) is 10.1 Å². The highest BCUT2D eigenvalue weighted by atomic mass is 32.2. The van der Waals surface area contributed by atoms with Crippen LogP contribution in [0.15, 0.2) is 46.2 Å². The molecular formula is C18H19FN2O6S2. The molecule has 0 radical (unpaired) electrons. The van der Waals surface area contributed by atoms with Gasteiger partial charge in [-0.3, -0.25) is 4.72 Å². The molecule has 1 fully saturated rings. The predicted octanol–water partition coefficient (Wildman–Crippen LogP) is 1.58. The van der Waals surface area contributed by atoms with Crippen LogP contribution in [-0.4, -0.2) is 54.1 Å². The van der Waals surface area contributed by atoms with Crippen molar-refractivity contribution in [2.24, 2.45) is 0 Å². The van der Waals surface area contributed by atoms with Crippen LogP contribution in [0.5, 0.6) is 5.75 Å². The van der Waals surface area contributed by atoms with Crippen molar-refractivity contribution in [1.82, 2.24) is 4.31 Å². The molecule has 0 unspecified atom stereocenters. The molecule has 8 nitrogen and oxygen atoms in total. The number of hydrogen-bond donors (Lipinski definition) is 1. The van der Waals surface area contributed by atoms with Crippen LogP contribution in [0.25, 0.3) is 0 Å². The van der Waals surface area contributed by atoms with Gasteiger partial charge in [-0.25, -0.2) is 21.2 Å². The van der Waals surface area contributed by atoms with Gasteiger partial charge < -0.3 is 9.47 Å². The zero-order chi connectivity index (χ0) is 20.6. The molecule has 2 heterocycles. The Labute approximate surface area is 168 Å². The van der Waals surface area contributed by atoms with Crippen molar-refractivity contribution in [2.45, 2.75) is 16.2 Å². The topological polar surface area (TPSA) is 102 Å². The Morgan fingerprint density at radius 2 is 1.72 bits per heavy atom. The van der Waals surface area contributed by atoms with Crippen molar-refractivity contribution in [3.05, 3.63) is 47.8 Å². The summed E-state index contributed by atoms with van der Waals surface area (Å²) in [5, 5.41) is 0. The molecule has 0 aromatic heterocycles. The molecule has 0 atom stereocenters. The number of fused-ring (bicyclic) bond motifs is 1. The van der Waals surface area contributed by atoms with Crippen molar-refractivity contribution in [1.29, 1.82) is 0 Å². The predicted molar refractivity (Wildman–Crippen MR) is 102 cm³/mol. The molecule has 2 aliphatic rings. The maximum absolute atomic E-state index is 14.3. The van der Waals surface area contributed by atoms with Crippen LogP contribution in [0, 0.1) is 5.82 Å². The Kier molecular flexibility index (Phi) is 5.23. The van der Waals surface area contributed by atoms with Gasteiger partial charge in [0.25, 0.3) is 10.0 Å². The molecule has 2 aromatic rings. The highest BCUT2D eigenvalue weighted by Crippen LogP contribution is 2.29. The van der Waals surface area contributed by atoms with Crippen molar-refractivity contribution in [2.75, 3.05) is 37.6 Å². The maximum Gasteiger partial charge on any atom is 0.261 e. The van der Waals surface area contributed by atoms with Gasteiger partial charge in [-0.15, -0.1) is 0 Å². The molecule has 0 spiro atoms. The number of ether oxygens (including phenoxy) is 2. The number of anilines is 1.